The van der Waals surface area contributed by atoms with Crippen LogP contribution in [-0.2, 0) is 0 Å². The lowest BCUT2D eigenvalue weighted by atomic mass is 10.4. The van der Waals surface area contributed by atoms with Crippen molar-refractivity contribution >= 4 is 0 Å². The number of hydrogen-bond donors (Lipinski definition) is 2. The minimum atomic E-state index is 0.750. The van der Waals surface area contributed by atoms with Crippen molar-refractivity contribution in [3.63, 3.8) is 0 Å². The summed E-state index contributed by atoms with van der Waals surface area (Å²) in [4.78, 5) is 0. The SMILES string of the molecule is C1CCCC1.C1CCCC1.N#CO.N#CO. The molecule has 0 aliphatic heterocycles. The molecule has 2 rings (SSSR count). The maximum atomic E-state index is 6.88. The lowest BCUT2D eigenvalue weighted by Gasteiger charge is -1.67. The van der Waals surface area contributed by atoms with Gasteiger partial charge < -0.3 is 10.2 Å². The molecule has 2 saturated carbocycles. The van der Waals surface area contributed by atoms with Crippen LogP contribution in [0.2, 0.25) is 0 Å². The zero-order valence-electron chi connectivity index (χ0n) is 9.86. The van der Waals surface area contributed by atoms with Crippen LogP contribution in [0.3, 0.4) is 0 Å². The van der Waals surface area contributed by atoms with E-state index in [-0.39, 0.29) is 0 Å². The smallest absolute Gasteiger partial charge is 0.283 e. The van der Waals surface area contributed by atoms with Crippen LogP contribution in [-0.4, -0.2) is 10.2 Å². The maximum Gasteiger partial charge on any atom is 0.283 e. The zero-order valence-corrected chi connectivity index (χ0v) is 9.86. The molecule has 0 bridgehead atoms. The van der Waals surface area contributed by atoms with Crippen LogP contribution in [0.25, 0.3) is 0 Å². The molecule has 0 aromatic rings. The van der Waals surface area contributed by atoms with Crippen molar-refractivity contribution < 1.29 is 10.2 Å². The first-order valence-corrected chi connectivity index (χ1v) is 5.89. The lowest BCUT2D eigenvalue weighted by Crippen LogP contribution is -1.47. The highest BCUT2D eigenvalue weighted by molar-refractivity contribution is 4.51. The van der Waals surface area contributed by atoms with Crippen LogP contribution in [0.15, 0.2) is 0 Å². The van der Waals surface area contributed by atoms with Crippen LogP contribution in [0.4, 0.5) is 0 Å². The average Bonchev–Trinajstić information content (AvgIpc) is 3.00. The molecule has 4 heteroatoms. The molecule has 0 saturated heterocycles. The van der Waals surface area contributed by atoms with Gasteiger partial charge in [-0.2, -0.15) is 10.5 Å². The molecule has 0 unspecified atom stereocenters. The molecule has 0 radical (unpaired) electrons. The van der Waals surface area contributed by atoms with E-state index in [9.17, 15) is 0 Å². The Morgan fingerprint density at radius 1 is 0.500 bits per heavy atom. The van der Waals surface area contributed by atoms with Crippen molar-refractivity contribution in [2.24, 2.45) is 0 Å². The Morgan fingerprint density at radius 3 is 0.625 bits per heavy atom. The molecule has 2 N–H and O–H groups in total. The van der Waals surface area contributed by atoms with Crippen LogP contribution in [0.5, 0.6) is 0 Å². The van der Waals surface area contributed by atoms with Gasteiger partial charge in [-0.1, -0.05) is 64.2 Å². The van der Waals surface area contributed by atoms with Crippen molar-refractivity contribution in [1.29, 1.82) is 10.5 Å². The molecule has 92 valence electrons. The Hall–Kier alpha value is -1.42. The maximum absolute atomic E-state index is 6.88. The summed E-state index contributed by atoms with van der Waals surface area (Å²) >= 11 is 0. The van der Waals surface area contributed by atoms with E-state index in [2.05, 4.69) is 0 Å². The molecular weight excluding hydrogens is 204 g/mol. The second kappa shape index (κ2) is 19.2. The molecule has 0 aromatic heterocycles. The molecule has 2 aliphatic carbocycles. The molecule has 2 fully saturated rings. The van der Waals surface area contributed by atoms with Gasteiger partial charge in [0.2, 0.25) is 0 Å². The third-order valence-electron chi connectivity index (χ3n) is 2.50. The third-order valence-corrected chi connectivity index (χ3v) is 2.50. The molecule has 0 amide bonds. The Kier molecular flexibility index (Phi) is 20.4. The van der Waals surface area contributed by atoms with Gasteiger partial charge in [0.05, 0.1) is 0 Å². The predicted molar refractivity (Wildman–Crippen MR) is 61.3 cm³/mol. The molecule has 0 atom stereocenters. The fraction of sp³-hybridized carbons (Fsp3) is 0.833. The number of rotatable bonds is 0. The molecule has 16 heavy (non-hydrogen) atoms. The standard InChI is InChI=1S/2C5H10.2CHNO/c2*1-2-4-5-3-1;2*2-1-3/h2*1-5H2;2*3H. The summed E-state index contributed by atoms with van der Waals surface area (Å²) in [5, 5.41) is 27.5. The van der Waals surface area contributed by atoms with Crippen LogP contribution in [0, 0.1) is 23.0 Å². The molecule has 0 spiro atoms. The molecule has 4 nitrogen and oxygen atoms in total. The first kappa shape index (κ1) is 17.0. The first-order chi connectivity index (χ1) is 7.83. The van der Waals surface area contributed by atoms with E-state index in [4.69, 9.17) is 20.7 Å². The molecule has 2 aliphatic rings. The second-order valence-electron chi connectivity index (χ2n) is 3.74. The van der Waals surface area contributed by atoms with Crippen LogP contribution < -0.4 is 0 Å². The van der Waals surface area contributed by atoms with Gasteiger partial charge in [0.25, 0.3) is 12.5 Å². The van der Waals surface area contributed by atoms with Crippen molar-refractivity contribution in [3.8, 4) is 12.5 Å². The summed E-state index contributed by atoms with van der Waals surface area (Å²) in [6, 6.07) is 0. The van der Waals surface area contributed by atoms with Crippen LogP contribution >= 0.6 is 0 Å². The van der Waals surface area contributed by atoms with Gasteiger partial charge >= 0.3 is 0 Å². The monoisotopic (exact) mass is 226 g/mol. The number of hydrogen-bond acceptors (Lipinski definition) is 4. The summed E-state index contributed by atoms with van der Waals surface area (Å²) in [7, 11) is 0. The summed E-state index contributed by atoms with van der Waals surface area (Å²) in [5.74, 6) is 0. The Labute approximate surface area is 98.1 Å². The fourth-order valence-electron chi connectivity index (χ4n) is 1.77. The van der Waals surface area contributed by atoms with E-state index in [1.165, 1.54) is 64.2 Å². The van der Waals surface area contributed by atoms with Gasteiger partial charge in [-0.25, -0.2) is 0 Å². The Balaban J connectivity index is 0. The van der Waals surface area contributed by atoms with Gasteiger partial charge in [-0.15, -0.1) is 0 Å². The number of nitriles is 2. The van der Waals surface area contributed by atoms with Crippen molar-refractivity contribution in [2.45, 2.75) is 64.2 Å². The predicted octanol–water partition coefficient (Wildman–Crippen LogP) is 3.58. The molecule has 0 aromatic carbocycles. The van der Waals surface area contributed by atoms with Crippen molar-refractivity contribution in [2.75, 3.05) is 0 Å². The minimum Gasteiger partial charge on any atom is -0.443 e. The fourth-order valence-corrected chi connectivity index (χ4v) is 1.77. The van der Waals surface area contributed by atoms with Crippen molar-refractivity contribution in [1.82, 2.24) is 0 Å². The highest BCUT2D eigenvalue weighted by Crippen LogP contribution is 2.15. The number of aliphatic hydroxyl groups excluding tert-OH is 2. The number of nitrogens with zero attached hydrogens (tertiary/aromatic N) is 2. The van der Waals surface area contributed by atoms with Gasteiger partial charge in [-0.05, 0) is 0 Å². The van der Waals surface area contributed by atoms with E-state index in [1.807, 2.05) is 0 Å². The van der Waals surface area contributed by atoms with Crippen LogP contribution in [0.1, 0.15) is 64.2 Å². The first-order valence-electron chi connectivity index (χ1n) is 5.89. The number of aliphatic hydroxyl groups is 2. The van der Waals surface area contributed by atoms with Gasteiger partial charge in [0.15, 0.2) is 0 Å². The average molecular weight is 226 g/mol. The highest BCUT2D eigenvalue weighted by Gasteiger charge is 1.95. The van der Waals surface area contributed by atoms with Crippen molar-refractivity contribution in [3.05, 3.63) is 0 Å². The summed E-state index contributed by atoms with van der Waals surface area (Å²) in [5.41, 5.74) is 0. The summed E-state index contributed by atoms with van der Waals surface area (Å²) < 4.78 is 0. The van der Waals surface area contributed by atoms with Gasteiger partial charge in [0, 0.05) is 0 Å². The molecule has 0 heterocycles. The van der Waals surface area contributed by atoms with E-state index >= 15 is 0 Å². The van der Waals surface area contributed by atoms with E-state index in [0.717, 1.165) is 12.5 Å². The lowest BCUT2D eigenvalue weighted by molar-refractivity contribution is 0.502. The minimum absolute atomic E-state index is 0.750. The Bertz CT molecular complexity index is 149. The Morgan fingerprint density at radius 2 is 0.562 bits per heavy atom. The van der Waals surface area contributed by atoms with Gasteiger partial charge in [0.1, 0.15) is 0 Å². The summed E-state index contributed by atoms with van der Waals surface area (Å²) in [6.45, 7) is 0. The largest absolute Gasteiger partial charge is 0.443 e. The van der Waals surface area contributed by atoms with Gasteiger partial charge in [-0.3, -0.25) is 0 Å². The second-order valence-corrected chi connectivity index (χ2v) is 3.74. The summed E-state index contributed by atoms with van der Waals surface area (Å²) in [6.07, 6.45) is 16.5. The quantitative estimate of drug-likeness (QED) is 0.618. The molecular formula is C12H22N2O2. The normalized spacial score (nSPS) is 15.9. The zero-order chi connectivity index (χ0) is 12.5. The third kappa shape index (κ3) is 22.9. The van der Waals surface area contributed by atoms with E-state index < -0.39 is 0 Å². The topological polar surface area (TPSA) is 88.0 Å². The van der Waals surface area contributed by atoms with E-state index in [0.29, 0.717) is 0 Å². The highest BCUT2D eigenvalue weighted by atomic mass is 16.2. The van der Waals surface area contributed by atoms with E-state index in [1.54, 1.807) is 0 Å².